The van der Waals surface area contributed by atoms with Crippen LogP contribution in [-0.2, 0) is 11.3 Å². The molecule has 2 aliphatic rings. The number of aryl methyl sites for hydroxylation is 2. The summed E-state index contributed by atoms with van der Waals surface area (Å²) in [6.07, 6.45) is 2.00. The predicted molar refractivity (Wildman–Crippen MR) is 63.5 cm³/mol. The number of hydrogen-bond acceptors (Lipinski definition) is 3. The second kappa shape index (κ2) is 3.59. The molecule has 1 aromatic rings. The van der Waals surface area contributed by atoms with Crippen molar-refractivity contribution in [3.63, 3.8) is 0 Å². The molecule has 1 aromatic carbocycles. The average molecular weight is 216 g/mol. The van der Waals surface area contributed by atoms with Crippen LogP contribution >= 0.6 is 0 Å². The van der Waals surface area contributed by atoms with Gasteiger partial charge < -0.3 is 9.64 Å². The Balaban J connectivity index is 2.04. The summed E-state index contributed by atoms with van der Waals surface area (Å²) in [6.45, 7) is 6.91. The molecule has 3 heteroatoms. The Labute approximate surface area is 95.7 Å². The third-order valence-corrected chi connectivity index (χ3v) is 3.46. The van der Waals surface area contributed by atoms with Gasteiger partial charge >= 0.3 is 0 Å². The zero-order valence-corrected chi connectivity index (χ0v) is 9.73. The van der Waals surface area contributed by atoms with Crippen LogP contribution in [0.25, 0.3) is 0 Å². The topological polar surface area (TPSA) is 24.8 Å². The van der Waals surface area contributed by atoms with E-state index in [9.17, 15) is 0 Å². The van der Waals surface area contributed by atoms with Gasteiger partial charge in [-0.3, -0.25) is 4.99 Å². The maximum Gasteiger partial charge on any atom is 0.158 e. The fourth-order valence-corrected chi connectivity index (χ4v) is 2.50. The van der Waals surface area contributed by atoms with E-state index in [1.807, 2.05) is 6.34 Å². The number of benzene rings is 1. The van der Waals surface area contributed by atoms with Gasteiger partial charge in [-0.25, -0.2) is 0 Å². The minimum atomic E-state index is 0.0844. The van der Waals surface area contributed by atoms with Crippen molar-refractivity contribution in [3.05, 3.63) is 34.4 Å². The molecule has 16 heavy (non-hydrogen) atoms. The molecule has 3 nitrogen and oxygen atoms in total. The second-order valence-corrected chi connectivity index (χ2v) is 4.51. The summed E-state index contributed by atoms with van der Waals surface area (Å²) in [5.74, 6) is 0. The van der Waals surface area contributed by atoms with Crippen LogP contribution in [-0.4, -0.2) is 24.3 Å². The first-order chi connectivity index (χ1) is 7.77. The molecule has 0 N–H and O–H groups in total. The summed E-state index contributed by atoms with van der Waals surface area (Å²) in [6, 6.07) is 4.36. The van der Waals surface area contributed by atoms with Crippen LogP contribution in [0.2, 0.25) is 0 Å². The molecular formula is C13H16N2O. The molecule has 0 aliphatic carbocycles. The maximum atomic E-state index is 5.90. The van der Waals surface area contributed by atoms with Crippen LogP contribution in [0.3, 0.4) is 0 Å². The average Bonchev–Trinajstić information content (AvgIpc) is 2.90. The van der Waals surface area contributed by atoms with Crippen molar-refractivity contribution in [1.82, 2.24) is 4.90 Å². The quantitative estimate of drug-likeness (QED) is 0.718. The summed E-state index contributed by atoms with van der Waals surface area (Å²) >= 11 is 0. The van der Waals surface area contributed by atoms with Crippen molar-refractivity contribution in [2.45, 2.75) is 26.7 Å². The van der Waals surface area contributed by atoms with Gasteiger partial charge in [0, 0.05) is 12.1 Å². The molecule has 0 bridgehead atoms. The normalized spacial score (nSPS) is 22.9. The van der Waals surface area contributed by atoms with E-state index in [0.29, 0.717) is 0 Å². The fourth-order valence-electron chi connectivity index (χ4n) is 2.50. The van der Waals surface area contributed by atoms with E-state index in [1.54, 1.807) is 0 Å². The van der Waals surface area contributed by atoms with E-state index >= 15 is 0 Å². The number of ether oxygens (including phenoxy) is 1. The van der Waals surface area contributed by atoms with Gasteiger partial charge in [0.25, 0.3) is 0 Å². The molecule has 2 aliphatic heterocycles. The minimum Gasteiger partial charge on any atom is -0.349 e. The zero-order chi connectivity index (χ0) is 11.1. The third kappa shape index (κ3) is 1.35. The van der Waals surface area contributed by atoms with Crippen LogP contribution in [0.1, 0.15) is 28.5 Å². The van der Waals surface area contributed by atoms with E-state index in [-0.39, 0.29) is 6.23 Å². The van der Waals surface area contributed by atoms with Gasteiger partial charge in [-0.2, -0.15) is 0 Å². The molecule has 3 rings (SSSR count). The predicted octanol–water partition coefficient (Wildman–Crippen LogP) is 2.18. The lowest BCUT2D eigenvalue weighted by molar-refractivity contribution is -0.0104. The molecule has 0 fully saturated rings. The molecular weight excluding hydrogens is 200 g/mol. The Morgan fingerprint density at radius 1 is 1.31 bits per heavy atom. The van der Waals surface area contributed by atoms with Gasteiger partial charge in [0.1, 0.15) is 0 Å². The third-order valence-electron chi connectivity index (χ3n) is 3.46. The molecule has 0 radical (unpaired) electrons. The van der Waals surface area contributed by atoms with E-state index in [1.165, 1.54) is 22.3 Å². The van der Waals surface area contributed by atoms with Crippen molar-refractivity contribution in [2.75, 3.05) is 13.1 Å². The number of aliphatic imine (C=N–C) groups is 1. The van der Waals surface area contributed by atoms with Gasteiger partial charge in [-0.1, -0.05) is 12.1 Å². The van der Waals surface area contributed by atoms with E-state index in [4.69, 9.17) is 4.74 Å². The van der Waals surface area contributed by atoms with Crippen molar-refractivity contribution >= 4 is 6.34 Å². The number of hydrogen-bond donors (Lipinski definition) is 0. The Kier molecular flexibility index (Phi) is 2.21. The molecule has 1 unspecified atom stereocenters. The zero-order valence-electron chi connectivity index (χ0n) is 9.73. The standard InChI is InChI=1S/C13H16N2O/c1-9-3-4-10(2)12-11(9)7-16-13(12)15-6-5-14-8-15/h3-4,8,13H,5-7H2,1-2H3. The molecule has 0 saturated heterocycles. The van der Waals surface area contributed by atoms with E-state index < -0.39 is 0 Å². The van der Waals surface area contributed by atoms with Crippen LogP contribution in [0.5, 0.6) is 0 Å². The van der Waals surface area contributed by atoms with Gasteiger partial charge in [0.2, 0.25) is 0 Å². The minimum absolute atomic E-state index is 0.0844. The van der Waals surface area contributed by atoms with Gasteiger partial charge in [0.05, 0.1) is 19.5 Å². The lowest BCUT2D eigenvalue weighted by Gasteiger charge is -2.23. The molecule has 0 aromatic heterocycles. The molecule has 1 atom stereocenters. The first-order valence-corrected chi connectivity index (χ1v) is 5.73. The molecule has 0 saturated carbocycles. The lowest BCUT2D eigenvalue weighted by Crippen LogP contribution is -2.25. The summed E-state index contributed by atoms with van der Waals surface area (Å²) in [7, 11) is 0. The smallest absolute Gasteiger partial charge is 0.158 e. The van der Waals surface area contributed by atoms with E-state index in [0.717, 1.165) is 19.7 Å². The number of rotatable bonds is 1. The van der Waals surface area contributed by atoms with Crippen molar-refractivity contribution in [1.29, 1.82) is 0 Å². The highest BCUT2D eigenvalue weighted by Gasteiger charge is 2.31. The largest absolute Gasteiger partial charge is 0.349 e. The Bertz CT molecular complexity index is 453. The Morgan fingerprint density at radius 2 is 2.12 bits per heavy atom. The van der Waals surface area contributed by atoms with Crippen molar-refractivity contribution in [2.24, 2.45) is 4.99 Å². The maximum absolute atomic E-state index is 5.90. The SMILES string of the molecule is Cc1ccc(C)c2c1COC2N1C=NCC1. The molecule has 84 valence electrons. The molecule has 0 spiro atoms. The summed E-state index contributed by atoms with van der Waals surface area (Å²) < 4.78 is 5.90. The lowest BCUT2D eigenvalue weighted by atomic mass is 9.98. The van der Waals surface area contributed by atoms with Gasteiger partial charge in [-0.15, -0.1) is 0 Å². The molecule has 2 heterocycles. The highest BCUT2D eigenvalue weighted by atomic mass is 16.5. The van der Waals surface area contributed by atoms with Crippen molar-refractivity contribution < 1.29 is 4.74 Å². The van der Waals surface area contributed by atoms with Gasteiger partial charge in [0.15, 0.2) is 6.23 Å². The van der Waals surface area contributed by atoms with Crippen LogP contribution in [0.4, 0.5) is 0 Å². The van der Waals surface area contributed by atoms with Gasteiger partial charge in [-0.05, 0) is 30.5 Å². The Morgan fingerprint density at radius 3 is 2.88 bits per heavy atom. The highest BCUT2D eigenvalue weighted by molar-refractivity contribution is 5.59. The van der Waals surface area contributed by atoms with Crippen LogP contribution < -0.4 is 0 Å². The summed E-state index contributed by atoms with van der Waals surface area (Å²) in [4.78, 5) is 6.45. The second-order valence-electron chi connectivity index (χ2n) is 4.51. The summed E-state index contributed by atoms with van der Waals surface area (Å²) in [5.41, 5.74) is 5.38. The first-order valence-electron chi connectivity index (χ1n) is 5.73. The monoisotopic (exact) mass is 216 g/mol. The highest BCUT2D eigenvalue weighted by Crippen LogP contribution is 2.37. The van der Waals surface area contributed by atoms with E-state index in [2.05, 4.69) is 35.9 Å². The number of fused-ring (bicyclic) bond motifs is 1. The summed E-state index contributed by atoms with van der Waals surface area (Å²) in [5, 5.41) is 0. The fraction of sp³-hybridized carbons (Fsp3) is 0.462. The Hall–Kier alpha value is -1.35. The molecule has 0 amide bonds. The first kappa shape index (κ1) is 9.85. The van der Waals surface area contributed by atoms with Crippen LogP contribution in [0.15, 0.2) is 17.1 Å². The van der Waals surface area contributed by atoms with Crippen molar-refractivity contribution in [3.8, 4) is 0 Å². The van der Waals surface area contributed by atoms with Crippen LogP contribution in [0, 0.1) is 13.8 Å². The number of nitrogens with zero attached hydrogens (tertiary/aromatic N) is 2.